The Balaban J connectivity index is 1.81. The van der Waals surface area contributed by atoms with Crippen molar-refractivity contribution < 1.29 is 31.1 Å². The third kappa shape index (κ3) is 4.91. The molecule has 0 saturated carbocycles. The highest BCUT2D eigenvalue weighted by Crippen LogP contribution is 2.37. The average Bonchev–Trinajstić information content (AvgIpc) is 3.22. The number of ether oxygens (including phenoxy) is 1. The number of anilines is 2. The zero-order valence-corrected chi connectivity index (χ0v) is 18.0. The van der Waals surface area contributed by atoms with E-state index in [9.17, 15) is 26.4 Å². The SMILES string of the molecule is CN(C)c1nc(N)nc(COC(=O)C2CCCN2S(=O)(=O)c2ccccc2C(F)(F)F)n1. The van der Waals surface area contributed by atoms with E-state index in [1.165, 1.54) is 6.07 Å². The van der Waals surface area contributed by atoms with Gasteiger partial charge in [0.05, 0.1) is 10.5 Å². The monoisotopic (exact) mass is 474 g/mol. The van der Waals surface area contributed by atoms with Gasteiger partial charge in [-0.1, -0.05) is 12.1 Å². The first-order valence-electron chi connectivity index (χ1n) is 9.43. The van der Waals surface area contributed by atoms with Gasteiger partial charge in [-0.15, -0.1) is 0 Å². The van der Waals surface area contributed by atoms with Crippen molar-refractivity contribution in [1.82, 2.24) is 19.3 Å². The Morgan fingerprint density at radius 1 is 1.25 bits per heavy atom. The minimum absolute atomic E-state index is 0.0457. The van der Waals surface area contributed by atoms with Crippen LogP contribution in [-0.4, -0.2) is 60.3 Å². The molecule has 1 aromatic heterocycles. The molecule has 14 heteroatoms. The molecule has 1 aliphatic heterocycles. The van der Waals surface area contributed by atoms with Crippen LogP contribution < -0.4 is 10.6 Å². The molecule has 2 aromatic rings. The minimum atomic E-state index is -4.87. The van der Waals surface area contributed by atoms with Crippen LogP contribution >= 0.6 is 0 Å². The van der Waals surface area contributed by atoms with Crippen molar-refractivity contribution in [2.75, 3.05) is 31.3 Å². The Hall–Kier alpha value is -3.00. The molecule has 2 N–H and O–H groups in total. The fourth-order valence-electron chi connectivity index (χ4n) is 3.24. The van der Waals surface area contributed by atoms with Crippen LogP contribution in [0.25, 0.3) is 0 Å². The molecule has 1 aliphatic rings. The first-order chi connectivity index (χ1) is 14.9. The number of nitrogens with zero attached hydrogens (tertiary/aromatic N) is 5. The van der Waals surface area contributed by atoms with E-state index in [1.54, 1.807) is 19.0 Å². The van der Waals surface area contributed by atoms with Crippen molar-refractivity contribution in [3.8, 4) is 0 Å². The topological polar surface area (TPSA) is 132 Å². The molecule has 32 heavy (non-hydrogen) atoms. The van der Waals surface area contributed by atoms with Crippen molar-refractivity contribution in [1.29, 1.82) is 0 Å². The Labute approximate surface area is 182 Å². The summed E-state index contributed by atoms with van der Waals surface area (Å²) in [6, 6.07) is 2.58. The van der Waals surface area contributed by atoms with Gasteiger partial charge in [-0.05, 0) is 25.0 Å². The lowest BCUT2D eigenvalue weighted by Gasteiger charge is -2.24. The second-order valence-corrected chi connectivity index (χ2v) is 9.04. The van der Waals surface area contributed by atoms with Crippen molar-refractivity contribution in [3.05, 3.63) is 35.7 Å². The van der Waals surface area contributed by atoms with Gasteiger partial charge in [0.25, 0.3) is 0 Å². The first-order valence-corrected chi connectivity index (χ1v) is 10.9. The highest BCUT2D eigenvalue weighted by atomic mass is 32.2. The molecular formula is C18H21F3N6O4S. The summed E-state index contributed by atoms with van der Waals surface area (Å²) in [5, 5.41) is 0. The predicted molar refractivity (Wildman–Crippen MR) is 107 cm³/mol. The van der Waals surface area contributed by atoms with Crippen LogP contribution in [-0.2, 0) is 32.3 Å². The summed E-state index contributed by atoms with van der Waals surface area (Å²) < 4.78 is 72.0. The molecule has 0 amide bonds. The Bertz CT molecular complexity index is 1110. The summed E-state index contributed by atoms with van der Waals surface area (Å²) in [5.74, 6) is -0.730. The van der Waals surface area contributed by atoms with Gasteiger partial charge in [0, 0.05) is 20.6 Å². The first kappa shape index (κ1) is 23.7. The number of aromatic nitrogens is 3. The van der Waals surface area contributed by atoms with Crippen LogP contribution in [0, 0.1) is 0 Å². The summed E-state index contributed by atoms with van der Waals surface area (Å²) in [6.07, 6.45) is -4.48. The summed E-state index contributed by atoms with van der Waals surface area (Å²) >= 11 is 0. The van der Waals surface area contributed by atoms with Crippen LogP contribution in [0.4, 0.5) is 25.1 Å². The summed E-state index contributed by atoms with van der Waals surface area (Å²) in [5.41, 5.74) is 4.31. The molecular weight excluding hydrogens is 453 g/mol. The number of nitrogens with two attached hydrogens (primary N) is 1. The Morgan fingerprint density at radius 2 is 1.94 bits per heavy atom. The molecule has 2 heterocycles. The lowest BCUT2D eigenvalue weighted by molar-refractivity contribution is -0.149. The maximum absolute atomic E-state index is 13.3. The number of carbonyl (C=O) groups excluding carboxylic acids is 1. The fraction of sp³-hybridized carbons (Fsp3) is 0.444. The van der Waals surface area contributed by atoms with Crippen molar-refractivity contribution in [3.63, 3.8) is 0 Å². The Kier molecular flexibility index (Phi) is 6.55. The normalized spacial score (nSPS) is 17.3. The molecule has 1 aromatic carbocycles. The van der Waals surface area contributed by atoms with Crippen LogP contribution in [0.5, 0.6) is 0 Å². The quantitative estimate of drug-likeness (QED) is 0.618. The van der Waals surface area contributed by atoms with Gasteiger partial charge in [-0.3, -0.25) is 4.79 Å². The van der Waals surface area contributed by atoms with Gasteiger partial charge in [0.1, 0.15) is 6.04 Å². The van der Waals surface area contributed by atoms with E-state index in [4.69, 9.17) is 10.5 Å². The molecule has 1 fully saturated rings. The van der Waals surface area contributed by atoms with E-state index < -0.39 is 45.3 Å². The molecule has 174 valence electrons. The van der Waals surface area contributed by atoms with Gasteiger partial charge in [-0.25, -0.2) is 8.42 Å². The number of nitrogen functional groups attached to an aromatic ring is 1. The largest absolute Gasteiger partial charge is 0.456 e. The zero-order valence-electron chi connectivity index (χ0n) is 17.2. The third-order valence-electron chi connectivity index (χ3n) is 4.69. The number of esters is 1. The predicted octanol–water partition coefficient (Wildman–Crippen LogP) is 1.44. The van der Waals surface area contributed by atoms with E-state index in [0.29, 0.717) is 6.07 Å². The van der Waals surface area contributed by atoms with Crippen molar-refractivity contribution in [2.24, 2.45) is 0 Å². The lowest BCUT2D eigenvalue weighted by atomic mass is 10.2. The number of rotatable bonds is 6. The molecule has 1 saturated heterocycles. The minimum Gasteiger partial charge on any atom is -0.456 e. The van der Waals surface area contributed by atoms with Crippen LogP contribution in [0.2, 0.25) is 0 Å². The third-order valence-corrected chi connectivity index (χ3v) is 6.65. The summed E-state index contributed by atoms with van der Waals surface area (Å²) in [7, 11) is -1.27. The zero-order chi connectivity index (χ0) is 23.7. The maximum Gasteiger partial charge on any atom is 0.417 e. The van der Waals surface area contributed by atoms with E-state index in [2.05, 4.69) is 15.0 Å². The fourth-order valence-corrected chi connectivity index (χ4v) is 5.10. The molecule has 0 aliphatic carbocycles. The van der Waals surface area contributed by atoms with E-state index in [-0.39, 0.29) is 37.1 Å². The van der Waals surface area contributed by atoms with E-state index in [0.717, 1.165) is 16.4 Å². The number of halogens is 3. The Morgan fingerprint density at radius 3 is 2.59 bits per heavy atom. The summed E-state index contributed by atoms with van der Waals surface area (Å²) in [4.78, 5) is 25.1. The van der Waals surface area contributed by atoms with Gasteiger partial charge < -0.3 is 15.4 Å². The lowest BCUT2D eigenvalue weighted by Crippen LogP contribution is -2.42. The molecule has 0 bridgehead atoms. The number of alkyl halides is 3. The van der Waals surface area contributed by atoms with Crippen LogP contribution in [0.1, 0.15) is 24.2 Å². The van der Waals surface area contributed by atoms with Gasteiger partial charge in [0.2, 0.25) is 21.9 Å². The molecule has 0 radical (unpaired) electrons. The van der Waals surface area contributed by atoms with Gasteiger partial charge in [-0.2, -0.15) is 32.4 Å². The van der Waals surface area contributed by atoms with Crippen molar-refractivity contribution >= 4 is 27.9 Å². The molecule has 0 spiro atoms. The number of hydrogen-bond acceptors (Lipinski definition) is 9. The number of carbonyl (C=O) groups is 1. The molecule has 3 rings (SSSR count). The van der Waals surface area contributed by atoms with Crippen LogP contribution in [0.15, 0.2) is 29.2 Å². The average molecular weight is 474 g/mol. The number of hydrogen-bond donors (Lipinski definition) is 1. The van der Waals surface area contributed by atoms with Gasteiger partial charge >= 0.3 is 12.1 Å². The maximum atomic E-state index is 13.3. The standard InChI is InChI=1S/C18H21F3N6O4S/c1-26(2)17-24-14(23-16(22)25-17)10-31-15(28)12-7-5-9-27(12)32(29,30)13-8-4-3-6-11(13)18(19,20)21/h3-4,6,8,12H,5,7,9-10H2,1-2H3,(H2,22,23,24,25). The van der Waals surface area contributed by atoms with E-state index in [1.807, 2.05) is 0 Å². The van der Waals surface area contributed by atoms with Gasteiger partial charge in [0.15, 0.2) is 12.4 Å². The smallest absolute Gasteiger partial charge is 0.417 e. The van der Waals surface area contributed by atoms with Crippen LogP contribution in [0.3, 0.4) is 0 Å². The highest BCUT2D eigenvalue weighted by molar-refractivity contribution is 7.89. The van der Waals surface area contributed by atoms with E-state index >= 15 is 0 Å². The molecule has 10 nitrogen and oxygen atoms in total. The highest BCUT2D eigenvalue weighted by Gasteiger charge is 2.44. The molecule has 1 unspecified atom stereocenters. The second-order valence-electron chi connectivity index (χ2n) is 7.18. The number of benzene rings is 1. The number of sulfonamides is 1. The molecule has 1 atom stereocenters. The van der Waals surface area contributed by atoms with Crippen molar-refractivity contribution in [2.45, 2.75) is 36.6 Å². The second kappa shape index (κ2) is 8.86. The summed E-state index contributed by atoms with van der Waals surface area (Å²) in [6.45, 7) is -0.520.